The van der Waals surface area contributed by atoms with E-state index in [2.05, 4.69) is 58.5 Å². The molecular weight excluding hydrogens is 312 g/mol. The van der Waals surface area contributed by atoms with Crippen LogP contribution in [0.4, 0.5) is 0 Å². The number of ether oxygens (including phenoxy) is 1. The first-order valence-corrected chi connectivity index (χ1v) is 8.04. The second kappa shape index (κ2) is 6.48. The second-order valence-electron chi connectivity index (χ2n) is 5.06. The average molecular weight is 333 g/mol. The molecule has 1 saturated heterocycles. The van der Waals surface area contributed by atoms with Crippen molar-refractivity contribution >= 4 is 27.3 Å². The molecular formula is C13H21BrN2OS. The Morgan fingerprint density at radius 3 is 3.00 bits per heavy atom. The molecule has 3 nitrogen and oxygen atoms in total. The lowest BCUT2D eigenvalue weighted by Gasteiger charge is -2.39. The van der Waals surface area contributed by atoms with Crippen LogP contribution < -0.4 is 5.32 Å². The van der Waals surface area contributed by atoms with Gasteiger partial charge in [0.1, 0.15) is 0 Å². The summed E-state index contributed by atoms with van der Waals surface area (Å²) in [4.78, 5) is 3.77. The molecule has 2 atom stereocenters. The number of rotatable bonds is 4. The number of nitrogens with one attached hydrogen (secondary N) is 1. The van der Waals surface area contributed by atoms with Crippen LogP contribution in [0.2, 0.25) is 0 Å². The summed E-state index contributed by atoms with van der Waals surface area (Å²) in [6, 6.07) is 3.07. The van der Waals surface area contributed by atoms with E-state index >= 15 is 0 Å². The number of hydrogen-bond donors (Lipinski definition) is 1. The zero-order valence-electron chi connectivity index (χ0n) is 11.1. The van der Waals surface area contributed by atoms with E-state index in [0.29, 0.717) is 12.1 Å². The van der Waals surface area contributed by atoms with E-state index in [9.17, 15) is 0 Å². The molecule has 0 amide bonds. The highest BCUT2D eigenvalue weighted by Gasteiger charge is 2.32. The van der Waals surface area contributed by atoms with Gasteiger partial charge in [0.25, 0.3) is 0 Å². The Morgan fingerprint density at radius 2 is 2.39 bits per heavy atom. The Morgan fingerprint density at radius 1 is 1.61 bits per heavy atom. The molecule has 18 heavy (non-hydrogen) atoms. The van der Waals surface area contributed by atoms with Crippen molar-refractivity contribution in [2.24, 2.45) is 0 Å². The molecule has 2 heterocycles. The molecule has 1 fully saturated rings. The van der Waals surface area contributed by atoms with E-state index < -0.39 is 0 Å². The van der Waals surface area contributed by atoms with Gasteiger partial charge in [-0.1, -0.05) is 13.8 Å². The maximum absolute atomic E-state index is 5.96. The van der Waals surface area contributed by atoms with Gasteiger partial charge in [-0.25, -0.2) is 0 Å². The normalized spacial score (nSPS) is 25.8. The van der Waals surface area contributed by atoms with Gasteiger partial charge in [0.05, 0.1) is 18.8 Å². The Kier molecular flexibility index (Phi) is 5.21. The Bertz CT molecular complexity index is 383. The number of hydrogen-bond acceptors (Lipinski definition) is 4. The van der Waals surface area contributed by atoms with Crippen LogP contribution in [-0.2, 0) is 4.74 Å². The van der Waals surface area contributed by atoms with Gasteiger partial charge in [0, 0.05) is 33.9 Å². The molecule has 0 aromatic carbocycles. The maximum Gasteiger partial charge on any atom is 0.0904 e. The standard InChI is InChI=1S/C13H21BrN2OS/c1-9(2)15-7-11-13(16(3)4-5-17-11)12-6-10(14)8-18-12/h6,8-9,11,13,15H,4-5,7H2,1-3H3. The van der Waals surface area contributed by atoms with Gasteiger partial charge in [0.15, 0.2) is 0 Å². The van der Waals surface area contributed by atoms with Gasteiger partial charge in [0.2, 0.25) is 0 Å². The number of halogens is 1. The summed E-state index contributed by atoms with van der Waals surface area (Å²) in [6.07, 6.45) is 0.233. The molecule has 0 aliphatic carbocycles. The van der Waals surface area contributed by atoms with Crippen molar-refractivity contribution in [1.82, 2.24) is 10.2 Å². The van der Waals surface area contributed by atoms with E-state index in [4.69, 9.17) is 4.74 Å². The first-order valence-electron chi connectivity index (χ1n) is 6.37. The largest absolute Gasteiger partial charge is 0.374 e. The summed E-state index contributed by atoms with van der Waals surface area (Å²) >= 11 is 5.34. The lowest BCUT2D eigenvalue weighted by atomic mass is 10.1. The Balaban J connectivity index is 2.10. The highest BCUT2D eigenvalue weighted by Crippen LogP contribution is 2.34. The third-order valence-corrected chi connectivity index (χ3v) is 4.97. The van der Waals surface area contributed by atoms with Crippen molar-refractivity contribution in [3.05, 3.63) is 20.8 Å². The average Bonchev–Trinajstić information content (AvgIpc) is 2.72. The predicted octanol–water partition coefficient (Wildman–Crippen LogP) is 2.88. The summed E-state index contributed by atoms with van der Waals surface area (Å²) in [5, 5.41) is 5.63. The maximum atomic E-state index is 5.96. The molecule has 2 unspecified atom stereocenters. The lowest BCUT2D eigenvalue weighted by molar-refractivity contribution is -0.0608. The van der Waals surface area contributed by atoms with Crippen molar-refractivity contribution in [3.63, 3.8) is 0 Å². The van der Waals surface area contributed by atoms with Crippen molar-refractivity contribution in [2.75, 3.05) is 26.7 Å². The minimum absolute atomic E-state index is 0.233. The summed E-state index contributed by atoms with van der Waals surface area (Å²) < 4.78 is 7.13. The summed E-state index contributed by atoms with van der Waals surface area (Å²) in [7, 11) is 2.18. The molecule has 1 N–H and O–H groups in total. The Hall–Kier alpha value is 0.0600. The number of morpholine rings is 1. The number of likely N-dealkylation sites (N-methyl/N-ethyl adjacent to an activating group) is 1. The SMILES string of the molecule is CC(C)NCC1OCCN(C)C1c1cc(Br)cs1. The van der Waals surface area contributed by atoms with E-state index in [1.807, 2.05) is 0 Å². The van der Waals surface area contributed by atoms with Crippen LogP contribution in [-0.4, -0.2) is 43.8 Å². The quantitative estimate of drug-likeness (QED) is 0.917. The van der Waals surface area contributed by atoms with Crippen LogP contribution in [0.25, 0.3) is 0 Å². The van der Waals surface area contributed by atoms with Crippen molar-refractivity contribution in [1.29, 1.82) is 0 Å². The molecule has 102 valence electrons. The van der Waals surface area contributed by atoms with Crippen molar-refractivity contribution < 1.29 is 4.74 Å². The third-order valence-electron chi connectivity index (χ3n) is 3.21. The molecule has 0 bridgehead atoms. The Labute approximate surface area is 122 Å². The first-order chi connectivity index (χ1) is 8.58. The summed E-state index contributed by atoms with van der Waals surface area (Å²) in [6.45, 7) is 7.07. The van der Waals surface area contributed by atoms with E-state index in [1.54, 1.807) is 11.3 Å². The predicted molar refractivity (Wildman–Crippen MR) is 80.3 cm³/mol. The fourth-order valence-electron chi connectivity index (χ4n) is 2.27. The molecule has 5 heteroatoms. The van der Waals surface area contributed by atoms with Crippen LogP contribution in [0, 0.1) is 0 Å². The fraction of sp³-hybridized carbons (Fsp3) is 0.692. The minimum atomic E-state index is 0.233. The van der Waals surface area contributed by atoms with Crippen LogP contribution in [0.1, 0.15) is 24.8 Å². The van der Waals surface area contributed by atoms with E-state index in [-0.39, 0.29) is 6.10 Å². The summed E-state index contributed by atoms with van der Waals surface area (Å²) in [5.41, 5.74) is 0. The zero-order valence-corrected chi connectivity index (χ0v) is 13.6. The van der Waals surface area contributed by atoms with Crippen molar-refractivity contribution in [3.8, 4) is 0 Å². The first kappa shape index (κ1) is 14.5. The molecule has 2 rings (SSSR count). The summed E-state index contributed by atoms with van der Waals surface area (Å²) in [5.74, 6) is 0. The van der Waals surface area contributed by atoms with Gasteiger partial charge in [-0.05, 0) is 29.0 Å². The zero-order chi connectivity index (χ0) is 13.1. The van der Waals surface area contributed by atoms with Crippen LogP contribution in [0.15, 0.2) is 15.9 Å². The lowest BCUT2D eigenvalue weighted by Crippen LogP contribution is -2.48. The highest BCUT2D eigenvalue weighted by atomic mass is 79.9. The van der Waals surface area contributed by atoms with Crippen LogP contribution in [0.5, 0.6) is 0 Å². The van der Waals surface area contributed by atoms with Gasteiger partial charge in [-0.3, -0.25) is 4.90 Å². The fourth-order valence-corrected chi connectivity index (χ4v) is 3.93. The number of nitrogens with zero attached hydrogens (tertiary/aromatic N) is 1. The minimum Gasteiger partial charge on any atom is -0.374 e. The molecule has 0 radical (unpaired) electrons. The molecule has 0 saturated carbocycles. The van der Waals surface area contributed by atoms with Crippen LogP contribution >= 0.6 is 27.3 Å². The molecule has 1 aliphatic heterocycles. The van der Waals surface area contributed by atoms with Gasteiger partial charge in [-0.15, -0.1) is 11.3 Å². The highest BCUT2D eigenvalue weighted by molar-refractivity contribution is 9.10. The molecule has 1 aromatic heterocycles. The van der Waals surface area contributed by atoms with Crippen molar-refractivity contribution in [2.45, 2.75) is 32.0 Å². The topological polar surface area (TPSA) is 24.5 Å². The second-order valence-corrected chi connectivity index (χ2v) is 6.92. The van der Waals surface area contributed by atoms with Gasteiger partial charge < -0.3 is 10.1 Å². The van der Waals surface area contributed by atoms with Gasteiger partial charge in [-0.2, -0.15) is 0 Å². The number of thiophene rings is 1. The van der Waals surface area contributed by atoms with Crippen LogP contribution in [0.3, 0.4) is 0 Å². The molecule has 1 aliphatic rings. The molecule has 0 spiro atoms. The van der Waals surface area contributed by atoms with Gasteiger partial charge >= 0.3 is 0 Å². The smallest absolute Gasteiger partial charge is 0.0904 e. The van der Waals surface area contributed by atoms with E-state index in [1.165, 1.54) is 4.88 Å². The third kappa shape index (κ3) is 3.54. The monoisotopic (exact) mass is 332 g/mol. The molecule has 1 aromatic rings. The van der Waals surface area contributed by atoms with E-state index in [0.717, 1.165) is 24.2 Å².